The largest absolute Gasteiger partial charge is 0.469 e. The van der Waals surface area contributed by atoms with Crippen LogP contribution in [0.25, 0.3) is 0 Å². The van der Waals surface area contributed by atoms with Gasteiger partial charge in [-0.15, -0.1) is 0 Å². The topological polar surface area (TPSA) is 74.2 Å². The maximum Gasteiger partial charge on any atom is 0.321 e. The van der Waals surface area contributed by atoms with E-state index in [4.69, 9.17) is 21.1 Å². The lowest BCUT2D eigenvalue weighted by molar-refractivity contribution is -0.141. The maximum atomic E-state index is 11.4. The summed E-state index contributed by atoms with van der Waals surface area (Å²) in [6, 6.07) is 0.227. The van der Waals surface area contributed by atoms with E-state index in [1.165, 1.54) is 18.9 Å². The van der Waals surface area contributed by atoms with Crippen LogP contribution in [0.15, 0.2) is 5.16 Å². The minimum Gasteiger partial charge on any atom is -0.469 e. The summed E-state index contributed by atoms with van der Waals surface area (Å²) in [7, 11) is 1.41. The lowest BCUT2D eigenvalue weighted by Gasteiger charge is -2.13. The Morgan fingerprint density at radius 2 is 2.10 bits per heavy atom. The van der Waals surface area contributed by atoms with Gasteiger partial charge in [0.05, 0.1) is 19.6 Å². The minimum absolute atomic E-state index is 0.00986. The van der Waals surface area contributed by atoms with E-state index in [9.17, 15) is 4.79 Å². The van der Waals surface area contributed by atoms with Gasteiger partial charge >= 0.3 is 12.0 Å². The molecule has 1 aromatic heterocycles. The molecule has 0 bridgehead atoms. The van der Waals surface area contributed by atoms with E-state index in [1.807, 2.05) is 13.8 Å². The fraction of sp³-hybridized carbons (Fsp3) is 0.692. The van der Waals surface area contributed by atoms with Crippen molar-refractivity contribution in [2.24, 2.45) is 5.41 Å². The Kier molecular flexibility index (Phi) is 5.27. The summed E-state index contributed by atoms with van der Waals surface area (Å²) in [6.07, 6.45) is 2.44. The van der Waals surface area contributed by atoms with Crippen molar-refractivity contribution in [3.8, 4) is 6.01 Å². The Bertz CT molecular complexity index is 523. The van der Waals surface area contributed by atoms with Gasteiger partial charge in [-0.25, -0.2) is 0 Å². The van der Waals surface area contributed by atoms with E-state index in [1.54, 1.807) is 0 Å². The van der Waals surface area contributed by atoms with Crippen LogP contribution in [0.2, 0.25) is 5.28 Å². The number of halogens is 1. The first-order valence-electron chi connectivity index (χ1n) is 6.70. The molecule has 0 saturated heterocycles. The lowest BCUT2D eigenvalue weighted by atomic mass is 10.1. The van der Waals surface area contributed by atoms with Crippen LogP contribution in [0, 0.1) is 5.41 Å². The third-order valence-electron chi connectivity index (χ3n) is 3.12. The highest BCUT2D eigenvalue weighted by molar-refractivity contribution is 7.99. The quantitative estimate of drug-likeness (QED) is 0.561. The molecule has 0 radical (unpaired) electrons. The number of carbonyl (C=O) groups excluding carboxylic acids is 1. The van der Waals surface area contributed by atoms with Crippen LogP contribution in [0.4, 0.5) is 0 Å². The molecule has 6 nitrogen and oxygen atoms in total. The molecule has 1 aliphatic carbocycles. The van der Waals surface area contributed by atoms with Crippen LogP contribution in [0.5, 0.6) is 6.01 Å². The second-order valence-electron chi connectivity index (χ2n) is 5.38. The average molecular weight is 332 g/mol. The molecule has 0 amide bonds. The summed E-state index contributed by atoms with van der Waals surface area (Å²) in [5, 5.41) is 0.628. The molecule has 0 N–H and O–H groups in total. The van der Waals surface area contributed by atoms with Gasteiger partial charge < -0.3 is 9.47 Å². The molecule has 0 spiro atoms. The number of hydrogen-bond acceptors (Lipinski definition) is 7. The fourth-order valence-electron chi connectivity index (χ4n) is 1.79. The Morgan fingerprint density at radius 1 is 1.38 bits per heavy atom. The van der Waals surface area contributed by atoms with E-state index in [-0.39, 0.29) is 28.8 Å². The summed E-state index contributed by atoms with van der Waals surface area (Å²) in [6.45, 7) is 3.78. The average Bonchev–Trinajstić information content (AvgIpc) is 3.15. The minimum atomic E-state index is -0.175. The van der Waals surface area contributed by atoms with Crippen molar-refractivity contribution in [3.63, 3.8) is 0 Å². The molecule has 1 fully saturated rings. The number of rotatable bonds is 7. The number of carbonyl (C=O) groups is 1. The maximum absolute atomic E-state index is 11.4. The van der Waals surface area contributed by atoms with Gasteiger partial charge in [-0.3, -0.25) is 4.79 Å². The number of nitrogens with zero attached hydrogens (tertiary/aromatic N) is 3. The third kappa shape index (κ3) is 5.00. The SMILES string of the molecule is COC(=O)CC1(CSc2nc(Cl)nc(OC(C)C)n2)CC1. The number of aromatic nitrogens is 3. The van der Waals surface area contributed by atoms with E-state index in [0.717, 1.165) is 18.6 Å². The highest BCUT2D eigenvalue weighted by Gasteiger charge is 2.44. The fourth-order valence-corrected chi connectivity index (χ4v) is 3.11. The smallest absolute Gasteiger partial charge is 0.321 e. The number of thioether (sulfide) groups is 1. The van der Waals surface area contributed by atoms with Crippen molar-refractivity contribution < 1.29 is 14.3 Å². The molecule has 1 saturated carbocycles. The van der Waals surface area contributed by atoms with Gasteiger partial charge in [0, 0.05) is 5.75 Å². The van der Waals surface area contributed by atoms with Crippen LogP contribution in [-0.2, 0) is 9.53 Å². The number of hydrogen-bond donors (Lipinski definition) is 0. The van der Waals surface area contributed by atoms with Crippen molar-refractivity contribution >= 4 is 29.3 Å². The highest BCUT2D eigenvalue weighted by atomic mass is 35.5. The predicted molar refractivity (Wildman–Crippen MR) is 79.6 cm³/mol. The Labute approximate surface area is 133 Å². The van der Waals surface area contributed by atoms with Gasteiger partial charge in [0.15, 0.2) is 5.16 Å². The second kappa shape index (κ2) is 6.79. The first kappa shape index (κ1) is 16.3. The molecular formula is C13H18ClN3O3S. The van der Waals surface area contributed by atoms with Crippen molar-refractivity contribution in [2.75, 3.05) is 12.9 Å². The van der Waals surface area contributed by atoms with Gasteiger partial charge in [-0.05, 0) is 43.7 Å². The van der Waals surface area contributed by atoms with Crippen LogP contribution in [0.1, 0.15) is 33.1 Å². The molecule has 1 aliphatic rings. The number of esters is 1. The summed E-state index contributed by atoms with van der Waals surface area (Å²) >= 11 is 7.34. The number of ether oxygens (including phenoxy) is 2. The van der Waals surface area contributed by atoms with Crippen LogP contribution in [-0.4, -0.2) is 39.9 Å². The van der Waals surface area contributed by atoms with E-state index >= 15 is 0 Å². The molecule has 1 aromatic rings. The first-order valence-corrected chi connectivity index (χ1v) is 8.07. The third-order valence-corrected chi connectivity index (χ3v) is 4.49. The summed E-state index contributed by atoms with van der Waals surface area (Å²) < 4.78 is 10.2. The Hall–Kier alpha value is -1.08. The molecule has 116 valence electrons. The van der Waals surface area contributed by atoms with Crippen molar-refractivity contribution in [2.45, 2.75) is 44.4 Å². The Balaban J connectivity index is 1.97. The molecule has 21 heavy (non-hydrogen) atoms. The standard InChI is InChI=1S/C13H18ClN3O3S/c1-8(2)20-11-15-10(14)16-12(17-11)21-7-13(4-5-13)6-9(18)19-3/h8H,4-7H2,1-3H3. The zero-order chi connectivity index (χ0) is 15.5. The van der Waals surface area contributed by atoms with E-state index in [0.29, 0.717) is 11.6 Å². The van der Waals surface area contributed by atoms with Gasteiger partial charge in [0.25, 0.3) is 0 Å². The monoisotopic (exact) mass is 331 g/mol. The van der Waals surface area contributed by atoms with Crippen molar-refractivity contribution in [3.05, 3.63) is 5.28 Å². The predicted octanol–water partition coefficient (Wildman–Crippen LogP) is 2.75. The second-order valence-corrected chi connectivity index (χ2v) is 6.66. The first-order chi connectivity index (χ1) is 9.92. The molecular weight excluding hydrogens is 314 g/mol. The number of methoxy groups -OCH3 is 1. The zero-order valence-corrected chi connectivity index (χ0v) is 13.8. The highest BCUT2D eigenvalue weighted by Crippen LogP contribution is 2.51. The molecule has 0 aromatic carbocycles. The summed E-state index contributed by atoms with van der Waals surface area (Å²) in [5.74, 6) is 0.578. The van der Waals surface area contributed by atoms with Gasteiger partial charge in [-0.2, -0.15) is 15.0 Å². The van der Waals surface area contributed by atoms with Crippen molar-refractivity contribution in [1.82, 2.24) is 15.0 Å². The van der Waals surface area contributed by atoms with E-state index < -0.39 is 0 Å². The van der Waals surface area contributed by atoms with E-state index in [2.05, 4.69) is 15.0 Å². The molecule has 8 heteroatoms. The van der Waals surface area contributed by atoms with Gasteiger partial charge in [0.2, 0.25) is 5.28 Å². The zero-order valence-electron chi connectivity index (χ0n) is 12.3. The molecule has 0 atom stereocenters. The molecule has 0 unspecified atom stereocenters. The van der Waals surface area contributed by atoms with Crippen LogP contribution < -0.4 is 4.74 Å². The van der Waals surface area contributed by atoms with Gasteiger partial charge in [-0.1, -0.05) is 11.8 Å². The van der Waals surface area contributed by atoms with Crippen LogP contribution >= 0.6 is 23.4 Å². The molecule has 0 aliphatic heterocycles. The summed E-state index contributed by atoms with van der Waals surface area (Å²) in [5.41, 5.74) is 0.00986. The Morgan fingerprint density at radius 3 is 2.67 bits per heavy atom. The van der Waals surface area contributed by atoms with Gasteiger partial charge in [0.1, 0.15) is 0 Å². The van der Waals surface area contributed by atoms with Crippen molar-refractivity contribution in [1.29, 1.82) is 0 Å². The molecule has 2 rings (SSSR count). The lowest BCUT2D eigenvalue weighted by Crippen LogP contribution is -2.13. The molecule has 1 heterocycles. The van der Waals surface area contributed by atoms with Crippen LogP contribution in [0.3, 0.4) is 0 Å². The summed E-state index contributed by atoms with van der Waals surface area (Å²) in [4.78, 5) is 23.6. The normalized spacial score (nSPS) is 15.9.